The van der Waals surface area contributed by atoms with Crippen molar-refractivity contribution in [2.45, 2.75) is 24.3 Å². The molecule has 2 fully saturated rings. The molecule has 1 saturated heterocycles. The smallest absolute Gasteiger partial charge is 0.191 e. The first-order valence-electron chi connectivity index (χ1n) is 10.8. The van der Waals surface area contributed by atoms with Gasteiger partial charge < -0.3 is 15.4 Å². The Morgan fingerprint density at radius 1 is 1.06 bits per heavy atom. The zero-order valence-corrected chi connectivity index (χ0v) is 20.3. The highest BCUT2D eigenvalue weighted by atomic mass is 127. The summed E-state index contributed by atoms with van der Waals surface area (Å²) >= 11 is 0. The second-order valence-electron chi connectivity index (χ2n) is 8.17. The van der Waals surface area contributed by atoms with Gasteiger partial charge in [0.1, 0.15) is 5.82 Å². The van der Waals surface area contributed by atoms with Crippen molar-refractivity contribution in [3.8, 4) is 0 Å². The molecule has 1 aliphatic heterocycles. The van der Waals surface area contributed by atoms with Crippen molar-refractivity contribution in [2.24, 2.45) is 4.99 Å². The Hall–Kier alpha value is -1.71. The van der Waals surface area contributed by atoms with Crippen molar-refractivity contribution in [3.63, 3.8) is 0 Å². The standard InChI is InChI=1S/C24H31FN4O.HI/c1-26-23(28-18-24(11-12-24)20-5-3-2-4-6-20)27-17-22(29-13-15-30-16-14-29)19-7-9-21(25)10-8-19;/h2-10,22H,11-18H2,1H3,(H2,26,27,28);1H. The van der Waals surface area contributed by atoms with Crippen molar-refractivity contribution < 1.29 is 9.13 Å². The van der Waals surface area contributed by atoms with Crippen LogP contribution < -0.4 is 10.6 Å². The van der Waals surface area contributed by atoms with Gasteiger partial charge in [-0.25, -0.2) is 4.39 Å². The molecule has 4 rings (SSSR count). The highest BCUT2D eigenvalue weighted by Gasteiger charge is 2.44. The lowest BCUT2D eigenvalue weighted by Gasteiger charge is -2.35. The van der Waals surface area contributed by atoms with Crippen molar-refractivity contribution in [3.05, 3.63) is 71.5 Å². The molecule has 0 radical (unpaired) electrons. The molecule has 0 aromatic heterocycles. The number of nitrogens with zero attached hydrogens (tertiary/aromatic N) is 2. The average Bonchev–Trinajstić information content (AvgIpc) is 3.60. The number of hydrogen-bond donors (Lipinski definition) is 2. The molecule has 1 unspecified atom stereocenters. The Labute approximate surface area is 201 Å². The monoisotopic (exact) mass is 538 g/mol. The van der Waals surface area contributed by atoms with E-state index in [0.29, 0.717) is 6.54 Å². The molecule has 1 saturated carbocycles. The van der Waals surface area contributed by atoms with Crippen LogP contribution in [0.25, 0.3) is 0 Å². The second kappa shape index (κ2) is 11.2. The fourth-order valence-electron chi connectivity index (χ4n) is 4.21. The highest BCUT2D eigenvalue weighted by Crippen LogP contribution is 2.47. The molecule has 0 bridgehead atoms. The van der Waals surface area contributed by atoms with Crippen molar-refractivity contribution in [1.82, 2.24) is 15.5 Å². The van der Waals surface area contributed by atoms with Gasteiger partial charge in [-0.1, -0.05) is 42.5 Å². The maximum Gasteiger partial charge on any atom is 0.191 e. The fourth-order valence-corrected chi connectivity index (χ4v) is 4.21. The zero-order chi connectivity index (χ0) is 20.8. The van der Waals surface area contributed by atoms with Gasteiger partial charge in [-0.2, -0.15) is 0 Å². The van der Waals surface area contributed by atoms with Crippen LogP contribution in [-0.2, 0) is 10.2 Å². The number of halogens is 2. The van der Waals surface area contributed by atoms with Crippen LogP contribution in [0.4, 0.5) is 4.39 Å². The molecule has 2 aliphatic rings. The molecule has 0 spiro atoms. The predicted octanol–water partition coefficient (Wildman–Crippen LogP) is 3.71. The summed E-state index contributed by atoms with van der Waals surface area (Å²) in [6.45, 7) is 4.76. The first kappa shape index (κ1) is 23.9. The average molecular weight is 538 g/mol. The second-order valence-corrected chi connectivity index (χ2v) is 8.17. The molecule has 5 nitrogen and oxygen atoms in total. The van der Waals surface area contributed by atoms with E-state index < -0.39 is 0 Å². The van der Waals surface area contributed by atoms with Gasteiger partial charge in [0.05, 0.1) is 19.3 Å². The lowest BCUT2D eigenvalue weighted by molar-refractivity contribution is 0.0170. The van der Waals surface area contributed by atoms with E-state index in [9.17, 15) is 4.39 Å². The van der Waals surface area contributed by atoms with Crippen molar-refractivity contribution >= 4 is 29.9 Å². The molecule has 168 valence electrons. The van der Waals surface area contributed by atoms with Gasteiger partial charge in [0.2, 0.25) is 0 Å². The van der Waals surface area contributed by atoms with Crippen LogP contribution >= 0.6 is 24.0 Å². The summed E-state index contributed by atoms with van der Waals surface area (Å²) < 4.78 is 19.0. The summed E-state index contributed by atoms with van der Waals surface area (Å²) in [6, 6.07) is 17.7. The van der Waals surface area contributed by atoms with Crippen molar-refractivity contribution in [1.29, 1.82) is 0 Å². The van der Waals surface area contributed by atoms with E-state index in [0.717, 1.165) is 44.4 Å². The van der Waals surface area contributed by atoms with E-state index in [2.05, 4.69) is 50.9 Å². The van der Waals surface area contributed by atoms with Crippen LogP contribution in [0.1, 0.15) is 30.0 Å². The van der Waals surface area contributed by atoms with E-state index in [1.165, 1.54) is 30.5 Å². The molecule has 2 aromatic carbocycles. The van der Waals surface area contributed by atoms with E-state index in [4.69, 9.17) is 4.74 Å². The Morgan fingerprint density at radius 2 is 1.74 bits per heavy atom. The van der Waals surface area contributed by atoms with E-state index >= 15 is 0 Å². The van der Waals surface area contributed by atoms with Gasteiger partial charge in [-0.05, 0) is 36.1 Å². The Kier molecular flexibility index (Phi) is 8.68. The number of rotatable bonds is 7. The molecular weight excluding hydrogens is 506 g/mol. The molecule has 2 N–H and O–H groups in total. The summed E-state index contributed by atoms with van der Waals surface area (Å²) in [5.74, 6) is 0.595. The largest absolute Gasteiger partial charge is 0.379 e. The number of nitrogens with one attached hydrogen (secondary N) is 2. The van der Waals surface area contributed by atoms with E-state index in [1.807, 2.05) is 12.1 Å². The highest BCUT2D eigenvalue weighted by molar-refractivity contribution is 14.0. The number of guanidine groups is 1. The minimum absolute atomic E-state index is 0. The number of morpholine rings is 1. The van der Waals surface area contributed by atoms with Crippen LogP contribution in [-0.4, -0.2) is 57.3 Å². The van der Waals surface area contributed by atoms with Gasteiger partial charge in [-0.3, -0.25) is 9.89 Å². The third kappa shape index (κ3) is 6.17. The Balaban J connectivity index is 0.00000272. The van der Waals surface area contributed by atoms with Gasteiger partial charge in [-0.15, -0.1) is 24.0 Å². The SMILES string of the molecule is CN=C(NCC(c1ccc(F)cc1)N1CCOCC1)NCC1(c2ccccc2)CC1.I. The maximum absolute atomic E-state index is 13.4. The van der Waals surface area contributed by atoms with Gasteiger partial charge in [0.15, 0.2) is 5.96 Å². The summed E-state index contributed by atoms with van der Waals surface area (Å²) in [7, 11) is 1.80. The predicted molar refractivity (Wildman–Crippen MR) is 134 cm³/mol. The van der Waals surface area contributed by atoms with Crippen LogP contribution in [0.2, 0.25) is 0 Å². The van der Waals surface area contributed by atoms with Crippen LogP contribution in [0.5, 0.6) is 0 Å². The first-order chi connectivity index (χ1) is 14.7. The number of benzene rings is 2. The molecule has 1 heterocycles. The number of aliphatic imine (C=N–C) groups is 1. The molecule has 7 heteroatoms. The van der Waals surface area contributed by atoms with Gasteiger partial charge in [0, 0.05) is 38.6 Å². The minimum Gasteiger partial charge on any atom is -0.379 e. The fraction of sp³-hybridized carbons (Fsp3) is 0.458. The lowest BCUT2D eigenvalue weighted by atomic mass is 9.96. The molecular formula is C24H32FIN4O. The Morgan fingerprint density at radius 3 is 2.35 bits per heavy atom. The molecule has 2 aromatic rings. The zero-order valence-electron chi connectivity index (χ0n) is 18.0. The molecule has 0 amide bonds. The summed E-state index contributed by atoms with van der Waals surface area (Å²) in [6.07, 6.45) is 2.40. The quantitative estimate of drug-likeness (QED) is 0.321. The maximum atomic E-state index is 13.4. The van der Waals surface area contributed by atoms with E-state index in [1.54, 1.807) is 7.05 Å². The first-order valence-corrected chi connectivity index (χ1v) is 10.8. The molecule has 31 heavy (non-hydrogen) atoms. The molecule has 1 aliphatic carbocycles. The summed E-state index contributed by atoms with van der Waals surface area (Å²) in [5, 5.41) is 7.02. The van der Waals surface area contributed by atoms with Crippen molar-refractivity contribution in [2.75, 3.05) is 46.4 Å². The topological polar surface area (TPSA) is 48.9 Å². The Bertz CT molecular complexity index is 836. The number of ether oxygens (including phenoxy) is 1. The third-order valence-corrected chi connectivity index (χ3v) is 6.26. The number of hydrogen-bond acceptors (Lipinski definition) is 3. The summed E-state index contributed by atoms with van der Waals surface area (Å²) in [5.41, 5.74) is 2.72. The van der Waals surface area contributed by atoms with Gasteiger partial charge >= 0.3 is 0 Å². The van der Waals surface area contributed by atoms with Gasteiger partial charge in [0.25, 0.3) is 0 Å². The van der Waals surface area contributed by atoms with Crippen LogP contribution in [0, 0.1) is 5.82 Å². The third-order valence-electron chi connectivity index (χ3n) is 6.26. The minimum atomic E-state index is -0.208. The normalized spacial score (nSPS) is 19.2. The molecule has 1 atom stereocenters. The van der Waals surface area contributed by atoms with E-state index in [-0.39, 0.29) is 41.3 Å². The summed E-state index contributed by atoms with van der Waals surface area (Å²) in [4.78, 5) is 6.82. The van der Waals surface area contributed by atoms with Crippen LogP contribution in [0.3, 0.4) is 0 Å². The lowest BCUT2D eigenvalue weighted by Crippen LogP contribution is -2.47. The van der Waals surface area contributed by atoms with Crippen LogP contribution in [0.15, 0.2) is 59.6 Å².